The first-order valence-corrected chi connectivity index (χ1v) is 3.65. The number of hydrogen-bond acceptors (Lipinski definition) is 2. The van der Waals surface area contributed by atoms with E-state index in [1.54, 1.807) is 0 Å². The van der Waals surface area contributed by atoms with Crippen molar-refractivity contribution >= 4 is 0 Å². The minimum absolute atomic E-state index is 0. The minimum atomic E-state index is 0. The Bertz CT molecular complexity index is 30.8. The zero-order valence-electron chi connectivity index (χ0n) is 7.14. The first-order valence-electron chi connectivity index (χ1n) is 3.65. The van der Waals surface area contributed by atoms with Gasteiger partial charge in [0.2, 0.25) is 0 Å². The van der Waals surface area contributed by atoms with Crippen molar-refractivity contribution in [2.75, 3.05) is 13.7 Å². The highest BCUT2D eigenvalue weighted by molar-refractivity contribution is 4.35. The van der Waals surface area contributed by atoms with Gasteiger partial charge in [0, 0.05) is 7.11 Å². The Morgan fingerprint density at radius 1 is 1.10 bits per heavy atom. The van der Waals surface area contributed by atoms with Crippen molar-refractivity contribution in [3.8, 4) is 0 Å². The molecule has 0 unspecified atom stereocenters. The summed E-state index contributed by atoms with van der Waals surface area (Å²) in [6.07, 6.45) is 5.41. The van der Waals surface area contributed by atoms with Gasteiger partial charge in [0.25, 0.3) is 0 Å². The van der Waals surface area contributed by atoms with E-state index in [1.807, 2.05) is 0 Å². The van der Waals surface area contributed by atoms with Crippen LogP contribution in [0.1, 0.15) is 32.6 Å². The topological polar surface area (TPSA) is 77.9 Å². The second-order valence-electron chi connectivity index (χ2n) is 1.91. The summed E-state index contributed by atoms with van der Waals surface area (Å²) in [5.74, 6) is 0. The van der Waals surface area contributed by atoms with Gasteiger partial charge in [-0.2, -0.15) is 0 Å². The molecule has 0 fully saturated rings. The maximum atomic E-state index is 7.00. The molecule has 0 heterocycles. The maximum absolute atomic E-state index is 7.00. The molecule has 3 nitrogen and oxygen atoms in total. The summed E-state index contributed by atoms with van der Waals surface area (Å²) in [5.41, 5.74) is 3.76. The zero-order chi connectivity index (χ0) is 7.54. The van der Waals surface area contributed by atoms with Gasteiger partial charge in [-0.25, -0.2) is 0 Å². The quantitative estimate of drug-likeness (QED) is 0.564. The van der Waals surface area contributed by atoms with E-state index in [0.29, 0.717) is 0 Å². The molecule has 0 aliphatic heterocycles. The highest BCUT2D eigenvalue weighted by Gasteiger charge is 1.82. The monoisotopic (exact) mass is 151 g/mol. The van der Waals surface area contributed by atoms with Gasteiger partial charge in [-0.3, -0.25) is 0 Å². The van der Waals surface area contributed by atoms with Gasteiger partial charge in [-0.1, -0.05) is 19.8 Å². The van der Waals surface area contributed by atoms with Crippen molar-refractivity contribution in [2.24, 2.45) is 0 Å². The number of quaternary nitrogens is 1. The van der Waals surface area contributed by atoms with E-state index in [0.717, 1.165) is 13.7 Å². The molecule has 10 heavy (non-hydrogen) atoms. The summed E-state index contributed by atoms with van der Waals surface area (Å²) in [6.45, 7) is 3.34. The van der Waals surface area contributed by atoms with Crippen molar-refractivity contribution in [2.45, 2.75) is 32.6 Å². The van der Waals surface area contributed by atoms with E-state index in [1.165, 1.54) is 25.7 Å². The molecule has 0 aromatic heterocycles. The Morgan fingerprint density at radius 2 is 1.60 bits per heavy atom. The normalized spacial score (nSPS) is 7.20. The third-order valence-corrected chi connectivity index (χ3v) is 1.10. The fourth-order valence-corrected chi connectivity index (χ4v) is 0.604. The first-order chi connectivity index (χ1) is 4.41. The average molecular weight is 151 g/mol. The fourth-order valence-electron chi connectivity index (χ4n) is 0.604. The van der Waals surface area contributed by atoms with Crippen LogP contribution in [0.15, 0.2) is 0 Å². The summed E-state index contributed by atoms with van der Waals surface area (Å²) >= 11 is 0. The van der Waals surface area contributed by atoms with Crippen molar-refractivity contribution in [3.05, 3.63) is 0 Å². The molecule has 66 valence electrons. The van der Waals surface area contributed by atoms with E-state index in [2.05, 4.69) is 12.7 Å². The van der Waals surface area contributed by atoms with Gasteiger partial charge in [0.05, 0.1) is 6.54 Å². The Balaban J connectivity index is -0.000000149. The number of unbranched alkanes of at least 4 members (excludes halogenated alkanes) is 3. The Kier molecular flexibility index (Phi) is 38.1. The molecular formula is C7H21NO2. The first kappa shape index (κ1) is 16.5. The molecule has 3 heteroatoms. The SMILES string of the molecule is CCCCCC[NH3+].CO.[OH-]. The van der Waals surface area contributed by atoms with Gasteiger partial charge in [-0.15, -0.1) is 0 Å². The second-order valence-corrected chi connectivity index (χ2v) is 1.91. The summed E-state index contributed by atoms with van der Waals surface area (Å²) < 4.78 is 0. The van der Waals surface area contributed by atoms with Crippen LogP contribution < -0.4 is 5.73 Å². The van der Waals surface area contributed by atoms with Gasteiger partial charge in [-0.05, 0) is 12.8 Å². The molecule has 0 saturated heterocycles. The minimum Gasteiger partial charge on any atom is -0.870 e. The van der Waals surface area contributed by atoms with Crippen LogP contribution >= 0.6 is 0 Å². The van der Waals surface area contributed by atoms with Crippen LogP contribution in [-0.2, 0) is 0 Å². The largest absolute Gasteiger partial charge is 0.870 e. The van der Waals surface area contributed by atoms with E-state index in [9.17, 15) is 0 Å². The fraction of sp³-hybridized carbons (Fsp3) is 1.00. The standard InChI is InChI=1S/C6H15N.CH4O.H2O/c1-2-3-4-5-6-7;1-2;/h2-7H2,1H3;2H,1H3;1H2. The Morgan fingerprint density at radius 3 is 1.90 bits per heavy atom. The average Bonchev–Trinajstić information content (AvgIpc) is 1.94. The molecule has 0 radical (unpaired) electrons. The van der Waals surface area contributed by atoms with Crippen LogP contribution in [0.25, 0.3) is 0 Å². The van der Waals surface area contributed by atoms with E-state index in [4.69, 9.17) is 5.11 Å². The van der Waals surface area contributed by atoms with Gasteiger partial charge >= 0.3 is 0 Å². The molecule has 0 amide bonds. The third kappa shape index (κ3) is 24.8. The lowest BCUT2D eigenvalue weighted by atomic mass is 10.2. The third-order valence-electron chi connectivity index (χ3n) is 1.10. The van der Waals surface area contributed by atoms with Gasteiger partial charge in [0.15, 0.2) is 0 Å². The van der Waals surface area contributed by atoms with Crippen molar-refractivity contribution in [3.63, 3.8) is 0 Å². The molecule has 0 aliphatic rings. The maximum Gasteiger partial charge on any atom is 0.0739 e. The molecular weight excluding hydrogens is 130 g/mol. The number of aliphatic hydroxyl groups is 1. The van der Waals surface area contributed by atoms with E-state index < -0.39 is 0 Å². The molecule has 5 N–H and O–H groups in total. The van der Waals surface area contributed by atoms with Crippen molar-refractivity contribution in [1.29, 1.82) is 0 Å². The van der Waals surface area contributed by atoms with Crippen LogP contribution in [0.2, 0.25) is 0 Å². The summed E-state index contributed by atoms with van der Waals surface area (Å²) in [6, 6.07) is 0. The molecule has 0 aliphatic carbocycles. The van der Waals surface area contributed by atoms with Crippen molar-refractivity contribution < 1.29 is 16.3 Å². The zero-order valence-corrected chi connectivity index (χ0v) is 7.14. The summed E-state index contributed by atoms with van der Waals surface area (Å²) in [5, 5.41) is 7.00. The smallest absolute Gasteiger partial charge is 0.0739 e. The van der Waals surface area contributed by atoms with Crippen LogP contribution in [0, 0.1) is 0 Å². The number of aliphatic hydroxyl groups excluding tert-OH is 1. The molecule has 0 bridgehead atoms. The summed E-state index contributed by atoms with van der Waals surface area (Å²) in [4.78, 5) is 0. The van der Waals surface area contributed by atoms with Crippen LogP contribution in [0.3, 0.4) is 0 Å². The highest BCUT2D eigenvalue weighted by atomic mass is 16.2. The lowest BCUT2D eigenvalue weighted by molar-refractivity contribution is -0.368. The molecule has 0 atom stereocenters. The van der Waals surface area contributed by atoms with Gasteiger partial charge in [0.1, 0.15) is 0 Å². The van der Waals surface area contributed by atoms with Crippen molar-refractivity contribution in [1.82, 2.24) is 0 Å². The second kappa shape index (κ2) is 23.2. The van der Waals surface area contributed by atoms with Crippen LogP contribution in [0.4, 0.5) is 0 Å². The summed E-state index contributed by atoms with van der Waals surface area (Å²) in [7, 11) is 1.00. The van der Waals surface area contributed by atoms with E-state index in [-0.39, 0.29) is 5.48 Å². The number of hydrogen-bond donors (Lipinski definition) is 2. The predicted octanol–water partition coefficient (Wildman–Crippen LogP) is 0.240. The number of rotatable bonds is 4. The van der Waals surface area contributed by atoms with Gasteiger partial charge < -0.3 is 16.3 Å². The van der Waals surface area contributed by atoms with Crippen LogP contribution in [0.5, 0.6) is 0 Å². The molecule has 0 rings (SSSR count). The Labute approximate surface area is 63.5 Å². The lowest BCUT2D eigenvalue weighted by Crippen LogP contribution is -2.50. The molecule has 0 spiro atoms. The molecule has 0 saturated carbocycles. The van der Waals surface area contributed by atoms with Crippen LogP contribution in [-0.4, -0.2) is 24.2 Å². The van der Waals surface area contributed by atoms with E-state index >= 15 is 0 Å². The molecule has 0 aromatic rings. The highest BCUT2D eigenvalue weighted by Crippen LogP contribution is 1.94. The lowest BCUT2D eigenvalue weighted by Gasteiger charge is -1.89. The predicted molar refractivity (Wildman–Crippen MR) is 42.0 cm³/mol. The Hall–Kier alpha value is -0.120. The molecule has 0 aromatic carbocycles.